The van der Waals surface area contributed by atoms with Gasteiger partial charge in [-0.2, -0.15) is 4.57 Å². The summed E-state index contributed by atoms with van der Waals surface area (Å²) in [5, 5.41) is 0. The largest absolute Gasteiger partial charge is 1.00 e. The minimum absolute atomic E-state index is 0. The minimum atomic E-state index is 0. The number of halogens is 2. The van der Waals surface area contributed by atoms with Crippen molar-refractivity contribution in [1.82, 2.24) is 0 Å². The van der Waals surface area contributed by atoms with Gasteiger partial charge in [-0.25, -0.2) is 0 Å². The first-order chi connectivity index (χ1) is 7.09. The summed E-state index contributed by atoms with van der Waals surface area (Å²) in [4.78, 5) is 0. The van der Waals surface area contributed by atoms with Crippen molar-refractivity contribution in [3.05, 3.63) is 30.6 Å². The summed E-state index contributed by atoms with van der Waals surface area (Å²) in [6, 6.07) is 6.27. The Balaban J connectivity index is 0.00000225. The highest BCUT2D eigenvalue weighted by atomic mass is 127. The summed E-state index contributed by atoms with van der Waals surface area (Å²) in [6.45, 7) is 6.89. The van der Waals surface area contributed by atoms with Crippen LogP contribution in [-0.2, 0) is 5.54 Å². The molecule has 0 saturated carbocycles. The van der Waals surface area contributed by atoms with Crippen LogP contribution in [-0.4, -0.2) is 3.92 Å². The van der Waals surface area contributed by atoms with Crippen molar-refractivity contribution in [1.29, 1.82) is 0 Å². The van der Waals surface area contributed by atoms with E-state index in [1.807, 2.05) is 0 Å². The fourth-order valence-electron chi connectivity index (χ4n) is 1.68. The Morgan fingerprint density at radius 2 is 1.75 bits per heavy atom. The maximum Gasteiger partial charge on any atom is 0.174 e. The Bertz CT molecular complexity index is 287. The van der Waals surface area contributed by atoms with Crippen LogP contribution < -0.4 is 17.0 Å². The Labute approximate surface area is 119 Å². The van der Waals surface area contributed by atoms with E-state index in [2.05, 4.69) is 78.5 Å². The van der Waals surface area contributed by atoms with E-state index in [0.717, 1.165) is 0 Å². The average Bonchev–Trinajstić information content (AvgIpc) is 2.27. The molecule has 3 heteroatoms. The lowest BCUT2D eigenvalue weighted by Gasteiger charge is -2.25. The lowest BCUT2D eigenvalue weighted by atomic mass is 9.96. The number of alkyl halides is 1. The molecular weight excluding hydrogens is 333 g/mol. The molecule has 0 aromatic carbocycles. The van der Waals surface area contributed by atoms with Gasteiger partial charge in [-0.05, 0) is 6.42 Å². The van der Waals surface area contributed by atoms with Crippen LogP contribution in [0.25, 0.3) is 0 Å². The Morgan fingerprint density at radius 1 is 1.19 bits per heavy atom. The molecule has 0 bridgehead atoms. The van der Waals surface area contributed by atoms with E-state index in [4.69, 9.17) is 0 Å². The van der Waals surface area contributed by atoms with Gasteiger partial charge in [-0.3, -0.25) is 0 Å². The van der Waals surface area contributed by atoms with E-state index < -0.39 is 0 Å². The molecule has 0 saturated heterocycles. The standard InChI is InChI=1S/C13H21IN.ClH/c1-4-5-9-12(14)13(2,3)15-10-7-6-8-11-15;/h6-8,10-12H,4-5,9H2,1-3H3;1H/q+1;/p-1. The second-order valence-corrected chi connectivity index (χ2v) is 6.05. The first kappa shape index (κ1) is 16.2. The van der Waals surface area contributed by atoms with Crippen LogP contribution in [0, 0.1) is 0 Å². The van der Waals surface area contributed by atoms with Crippen molar-refractivity contribution >= 4 is 22.6 Å². The summed E-state index contributed by atoms with van der Waals surface area (Å²) in [5.74, 6) is 0. The van der Waals surface area contributed by atoms with Crippen LogP contribution in [0.15, 0.2) is 30.6 Å². The topological polar surface area (TPSA) is 3.88 Å². The molecule has 92 valence electrons. The molecule has 16 heavy (non-hydrogen) atoms. The second kappa shape index (κ2) is 7.49. The van der Waals surface area contributed by atoms with Crippen LogP contribution in [0.2, 0.25) is 0 Å². The highest BCUT2D eigenvalue weighted by Crippen LogP contribution is 2.25. The van der Waals surface area contributed by atoms with Crippen LogP contribution in [0.3, 0.4) is 0 Å². The van der Waals surface area contributed by atoms with Gasteiger partial charge in [-0.15, -0.1) is 0 Å². The predicted octanol–water partition coefficient (Wildman–Crippen LogP) is 0.707. The van der Waals surface area contributed by atoms with Gasteiger partial charge in [0.05, 0.1) is 3.92 Å². The fourth-order valence-corrected chi connectivity index (χ4v) is 2.44. The number of rotatable bonds is 5. The van der Waals surface area contributed by atoms with Crippen molar-refractivity contribution in [2.75, 3.05) is 0 Å². The van der Waals surface area contributed by atoms with E-state index in [-0.39, 0.29) is 17.9 Å². The molecule has 0 radical (unpaired) electrons. The molecule has 0 aliphatic carbocycles. The van der Waals surface area contributed by atoms with Gasteiger partial charge in [-0.1, -0.05) is 48.4 Å². The van der Waals surface area contributed by atoms with Crippen molar-refractivity contribution < 1.29 is 17.0 Å². The summed E-state index contributed by atoms with van der Waals surface area (Å²) in [6.07, 6.45) is 8.24. The SMILES string of the molecule is CCCCC(I)C(C)(C)[n+]1ccccc1.[Cl-]. The minimum Gasteiger partial charge on any atom is -1.00 e. The highest BCUT2D eigenvalue weighted by Gasteiger charge is 2.35. The molecule has 0 spiro atoms. The molecule has 1 rings (SSSR count). The number of unbranched alkanes of at least 4 members (excludes halogenated alkanes) is 1. The fraction of sp³-hybridized carbons (Fsp3) is 0.615. The molecule has 1 aromatic heterocycles. The first-order valence-electron chi connectivity index (χ1n) is 5.70. The molecular formula is C13H21ClIN. The number of hydrogen-bond acceptors (Lipinski definition) is 0. The predicted molar refractivity (Wildman–Crippen MR) is 73.3 cm³/mol. The molecule has 1 aromatic rings. The third-order valence-corrected chi connectivity index (χ3v) is 5.11. The van der Waals surface area contributed by atoms with Crippen LogP contribution in [0.4, 0.5) is 0 Å². The third kappa shape index (κ3) is 4.21. The van der Waals surface area contributed by atoms with E-state index in [1.54, 1.807) is 0 Å². The maximum absolute atomic E-state index is 2.59. The molecule has 0 fully saturated rings. The average molecular weight is 354 g/mol. The number of hydrogen-bond donors (Lipinski definition) is 0. The maximum atomic E-state index is 2.59. The summed E-state index contributed by atoms with van der Waals surface area (Å²) in [5.41, 5.74) is 0.205. The van der Waals surface area contributed by atoms with Crippen LogP contribution in [0.5, 0.6) is 0 Å². The monoisotopic (exact) mass is 353 g/mol. The summed E-state index contributed by atoms with van der Waals surface area (Å²) >= 11 is 2.59. The van der Waals surface area contributed by atoms with Crippen LogP contribution in [0.1, 0.15) is 40.0 Å². The van der Waals surface area contributed by atoms with Gasteiger partial charge in [0.2, 0.25) is 0 Å². The van der Waals surface area contributed by atoms with E-state index in [1.165, 1.54) is 19.3 Å². The zero-order chi connectivity index (χ0) is 11.3. The molecule has 0 aliphatic heterocycles. The zero-order valence-corrected chi connectivity index (χ0v) is 13.2. The van der Waals surface area contributed by atoms with Gasteiger partial charge in [0.15, 0.2) is 17.9 Å². The van der Waals surface area contributed by atoms with Crippen molar-refractivity contribution in [3.63, 3.8) is 0 Å². The lowest BCUT2D eigenvalue weighted by Crippen LogP contribution is -3.00. The van der Waals surface area contributed by atoms with E-state index in [9.17, 15) is 0 Å². The second-order valence-electron chi connectivity index (χ2n) is 4.55. The molecule has 1 unspecified atom stereocenters. The van der Waals surface area contributed by atoms with Crippen molar-refractivity contribution in [3.8, 4) is 0 Å². The summed E-state index contributed by atoms with van der Waals surface area (Å²) < 4.78 is 3.00. The van der Waals surface area contributed by atoms with Gasteiger partial charge in [0.25, 0.3) is 0 Å². The molecule has 0 N–H and O–H groups in total. The normalized spacial score (nSPS) is 13.0. The molecule has 0 aliphatic rings. The number of aromatic nitrogens is 1. The Hall–Kier alpha value is 0.170. The van der Waals surface area contributed by atoms with Crippen molar-refractivity contribution in [2.24, 2.45) is 0 Å². The quantitative estimate of drug-likeness (QED) is 0.417. The lowest BCUT2D eigenvalue weighted by molar-refractivity contribution is -0.756. The first-order valence-corrected chi connectivity index (χ1v) is 6.94. The summed E-state index contributed by atoms with van der Waals surface area (Å²) in [7, 11) is 0. The van der Waals surface area contributed by atoms with Crippen molar-refractivity contribution in [2.45, 2.75) is 49.5 Å². The Morgan fingerprint density at radius 3 is 2.25 bits per heavy atom. The molecule has 0 amide bonds. The number of nitrogens with zero attached hydrogens (tertiary/aromatic N) is 1. The van der Waals surface area contributed by atoms with E-state index >= 15 is 0 Å². The van der Waals surface area contributed by atoms with Gasteiger partial charge < -0.3 is 12.4 Å². The molecule has 1 atom stereocenters. The Kier molecular flexibility index (Phi) is 7.57. The highest BCUT2D eigenvalue weighted by molar-refractivity contribution is 14.1. The van der Waals surface area contributed by atoms with Gasteiger partial charge in [0, 0.05) is 26.0 Å². The van der Waals surface area contributed by atoms with Gasteiger partial charge >= 0.3 is 0 Å². The zero-order valence-electron chi connectivity index (χ0n) is 10.3. The smallest absolute Gasteiger partial charge is 0.174 e. The third-order valence-electron chi connectivity index (χ3n) is 2.96. The molecule has 1 heterocycles. The van der Waals surface area contributed by atoms with E-state index in [0.29, 0.717) is 3.92 Å². The van der Waals surface area contributed by atoms with Gasteiger partial charge in [0.1, 0.15) is 0 Å². The molecule has 1 nitrogen and oxygen atoms in total. The number of pyridine rings is 1. The van der Waals surface area contributed by atoms with Crippen LogP contribution >= 0.6 is 22.6 Å².